The average molecular weight is 348 g/mol. The van der Waals surface area contributed by atoms with Crippen LogP contribution < -0.4 is 10.2 Å². The highest BCUT2D eigenvalue weighted by Gasteiger charge is 2.61. The number of nitrogens with one attached hydrogen (secondary N) is 1. The number of benzene rings is 1. The van der Waals surface area contributed by atoms with Crippen molar-refractivity contribution in [1.82, 2.24) is 15.5 Å². The first-order chi connectivity index (χ1) is 12.8. The van der Waals surface area contributed by atoms with Crippen molar-refractivity contribution in [3.8, 4) is 0 Å². The molecule has 0 bridgehead atoms. The van der Waals surface area contributed by atoms with Crippen LogP contribution in [-0.2, 0) is 16.6 Å². The molecule has 1 N–H and O–H groups in total. The second kappa shape index (κ2) is 6.08. The van der Waals surface area contributed by atoms with E-state index >= 15 is 0 Å². The summed E-state index contributed by atoms with van der Waals surface area (Å²) in [6, 6.07) is 12.8. The number of hydrogen-bond acceptors (Lipinski definition) is 4. The lowest BCUT2D eigenvalue weighted by molar-refractivity contribution is -0.123. The van der Waals surface area contributed by atoms with Crippen LogP contribution in [0.4, 0.5) is 5.82 Å². The third kappa shape index (κ3) is 2.57. The molecule has 1 aliphatic heterocycles. The van der Waals surface area contributed by atoms with E-state index < -0.39 is 0 Å². The summed E-state index contributed by atoms with van der Waals surface area (Å²) in [6.45, 7) is 1.80. The third-order valence-corrected chi connectivity index (χ3v) is 6.44. The fraction of sp³-hybridized carbons (Fsp3) is 0.476. The van der Waals surface area contributed by atoms with Gasteiger partial charge in [0.15, 0.2) is 5.82 Å². The summed E-state index contributed by atoms with van der Waals surface area (Å²) in [7, 11) is 0. The Kier molecular flexibility index (Phi) is 3.69. The minimum absolute atomic E-state index is 0.125. The summed E-state index contributed by atoms with van der Waals surface area (Å²) >= 11 is 0. The standard InChI is InChI=1S/C21H24N4O/c26-20(18-13-21(18)10-9-15-5-1-2-7-17(15)21)23-16-6-4-12-25(14-16)19-8-3-11-22-24-19/h1-3,5,7-8,11,16,18H,4,6,9-10,12-14H2,(H,23,26)/t16-,18-,21+/m1/s1. The molecule has 1 aromatic carbocycles. The van der Waals surface area contributed by atoms with Crippen LogP contribution in [-0.4, -0.2) is 35.2 Å². The fourth-order valence-electron chi connectivity index (χ4n) is 5.01. The van der Waals surface area contributed by atoms with Gasteiger partial charge >= 0.3 is 0 Å². The van der Waals surface area contributed by atoms with Crippen LogP contribution >= 0.6 is 0 Å². The largest absolute Gasteiger partial charge is 0.353 e. The maximum absolute atomic E-state index is 12.9. The number of piperidine rings is 1. The van der Waals surface area contributed by atoms with Crippen molar-refractivity contribution in [3.05, 3.63) is 53.7 Å². The Morgan fingerprint density at radius 3 is 3.04 bits per heavy atom. The molecule has 5 heteroatoms. The number of aromatic nitrogens is 2. The zero-order valence-corrected chi connectivity index (χ0v) is 14.9. The molecule has 1 saturated heterocycles. The Bertz CT molecular complexity index is 824. The van der Waals surface area contributed by atoms with Crippen LogP contribution in [0.5, 0.6) is 0 Å². The number of anilines is 1. The molecule has 134 valence electrons. The summed E-state index contributed by atoms with van der Waals surface area (Å²) in [5.74, 6) is 1.30. The third-order valence-electron chi connectivity index (χ3n) is 6.44. The quantitative estimate of drug-likeness (QED) is 0.926. The molecule has 5 nitrogen and oxygen atoms in total. The van der Waals surface area contributed by atoms with Gasteiger partial charge in [0, 0.05) is 36.7 Å². The topological polar surface area (TPSA) is 58.1 Å². The molecule has 0 radical (unpaired) electrons. The first-order valence-corrected chi connectivity index (χ1v) is 9.68. The van der Waals surface area contributed by atoms with Gasteiger partial charge in [-0.1, -0.05) is 24.3 Å². The lowest BCUT2D eigenvalue weighted by atomic mass is 9.95. The number of fused-ring (bicyclic) bond motifs is 2. The fourth-order valence-corrected chi connectivity index (χ4v) is 5.01. The molecular weight excluding hydrogens is 324 g/mol. The second-order valence-electron chi connectivity index (χ2n) is 7.95. The molecule has 3 atom stereocenters. The maximum Gasteiger partial charge on any atom is 0.224 e. The zero-order chi connectivity index (χ0) is 17.6. The van der Waals surface area contributed by atoms with Gasteiger partial charge in [0.2, 0.25) is 5.91 Å². The van der Waals surface area contributed by atoms with E-state index in [9.17, 15) is 4.79 Å². The van der Waals surface area contributed by atoms with Gasteiger partial charge in [-0.15, -0.1) is 5.10 Å². The minimum Gasteiger partial charge on any atom is -0.353 e. The summed E-state index contributed by atoms with van der Waals surface area (Å²) in [4.78, 5) is 15.2. The molecule has 2 aromatic rings. The van der Waals surface area contributed by atoms with Crippen LogP contribution in [0.15, 0.2) is 42.6 Å². The Hall–Kier alpha value is -2.43. The first kappa shape index (κ1) is 15.8. The van der Waals surface area contributed by atoms with Gasteiger partial charge in [-0.2, -0.15) is 5.10 Å². The Labute approximate surface area is 153 Å². The first-order valence-electron chi connectivity index (χ1n) is 9.68. The lowest BCUT2D eigenvalue weighted by Crippen LogP contribution is -2.48. The SMILES string of the molecule is O=C(N[C@@H]1CCCN(c2cccnn2)C1)[C@H]1C[C@]12CCc1ccccc12. The van der Waals surface area contributed by atoms with E-state index in [0.29, 0.717) is 0 Å². The van der Waals surface area contributed by atoms with Crippen molar-refractivity contribution >= 4 is 11.7 Å². The van der Waals surface area contributed by atoms with Gasteiger partial charge in [0.25, 0.3) is 0 Å². The lowest BCUT2D eigenvalue weighted by Gasteiger charge is -2.33. The highest BCUT2D eigenvalue weighted by atomic mass is 16.2. The molecule has 0 unspecified atom stereocenters. The molecule has 2 aliphatic carbocycles. The van der Waals surface area contributed by atoms with Gasteiger partial charge in [-0.3, -0.25) is 4.79 Å². The molecule has 2 heterocycles. The van der Waals surface area contributed by atoms with E-state index in [2.05, 4.69) is 44.7 Å². The summed E-state index contributed by atoms with van der Waals surface area (Å²) in [6.07, 6.45) is 7.05. The van der Waals surface area contributed by atoms with Crippen molar-refractivity contribution < 1.29 is 4.79 Å². The van der Waals surface area contributed by atoms with Crippen molar-refractivity contribution in [3.63, 3.8) is 0 Å². The zero-order valence-electron chi connectivity index (χ0n) is 14.9. The molecule has 3 aliphatic rings. The van der Waals surface area contributed by atoms with Gasteiger partial charge in [-0.05, 0) is 55.4 Å². The summed E-state index contributed by atoms with van der Waals surface area (Å²) < 4.78 is 0. The molecule has 2 fully saturated rings. The molecule has 1 aromatic heterocycles. The van der Waals surface area contributed by atoms with Crippen LogP contribution in [0, 0.1) is 5.92 Å². The van der Waals surface area contributed by atoms with Gasteiger partial charge in [0.05, 0.1) is 0 Å². The maximum atomic E-state index is 12.9. The van der Waals surface area contributed by atoms with Crippen molar-refractivity contribution in [2.75, 3.05) is 18.0 Å². The van der Waals surface area contributed by atoms with Crippen molar-refractivity contribution in [1.29, 1.82) is 0 Å². The monoisotopic (exact) mass is 348 g/mol. The van der Waals surface area contributed by atoms with E-state index in [1.165, 1.54) is 11.1 Å². The Morgan fingerprint density at radius 2 is 2.15 bits per heavy atom. The average Bonchev–Trinajstić information content (AvgIpc) is 3.32. The van der Waals surface area contributed by atoms with Gasteiger partial charge in [-0.25, -0.2) is 0 Å². The Balaban J connectivity index is 1.24. The number of carbonyl (C=O) groups excluding carboxylic acids is 1. The van der Waals surface area contributed by atoms with E-state index in [1.54, 1.807) is 6.20 Å². The van der Waals surface area contributed by atoms with E-state index in [-0.39, 0.29) is 23.3 Å². The van der Waals surface area contributed by atoms with E-state index in [4.69, 9.17) is 0 Å². The van der Waals surface area contributed by atoms with Crippen LogP contribution in [0.3, 0.4) is 0 Å². The van der Waals surface area contributed by atoms with Crippen LogP contribution in [0.1, 0.15) is 36.8 Å². The molecule has 26 heavy (non-hydrogen) atoms. The smallest absolute Gasteiger partial charge is 0.224 e. The van der Waals surface area contributed by atoms with Crippen molar-refractivity contribution in [2.24, 2.45) is 5.92 Å². The number of nitrogens with zero attached hydrogens (tertiary/aromatic N) is 3. The van der Waals surface area contributed by atoms with Gasteiger partial charge < -0.3 is 10.2 Å². The molecule has 1 spiro atoms. The van der Waals surface area contributed by atoms with E-state index in [1.807, 2.05) is 12.1 Å². The number of amides is 1. The number of hydrogen-bond donors (Lipinski definition) is 1. The number of aryl methyl sites for hydroxylation is 1. The number of rotatable bonds is 3. The van der Waals surface area contributed by atoms with Crippen LogP contribution in [0.25, 0.3) is 0 Å². The predicted molar refractivity (Wildman–Crippen MR) is 100.0 cm³/mol. The molecule has 5 rings (SSSR count). The predicted octanol–water partition coefficient (Wildman–Crippen LogP) is 2.47. The normalized spacial score (nSPS) is 29.5. The van der Waals surface area contributed by atoms with Gasteiger partial charge in [0.1, 0.15) is 0 Å². The second-order valence-corrected chi connectivity index (χ2v) is 7.95. The highest BCUT2D eigenvalue weighted by Crippen LogP contribution is 2.61. The number of carbonyl (C=O) groups is 1. The highest BCUT2D eigenvalue weighted by molar-refractivity contribution is 5.85. The molecule has 1 amide bonds. The summed E-state index contributed by atoms with van der Waals surface area (Å²) in [5.41, 5.74) is 2.99. The van der Waals surface area contributed by atoms with Crippen LogP contribution in [0.2, 0.25) is 0 Å². The molecule has 1 saturated carbocycles. The van der Waals surface area contributed by atoms with E-state index in [0.717, 1.165) is 51.0 Å². The minimum atomic E-state index is 0.125. The molecular formula is C21H24N4O. The van der Waals surface area contributed by atoms with Crippen molar-refractivity contribution in [2.45, 2.75) is 43.6 Å². The Morgan fingerprint density at radius 1 is 1.23 bits per heavy atom. The summed E-state index contributed by atoms with van der Waals surface area (Å²) in [5, 5.41) is 11.5.